The highest BCUT2D eigenvalue weighted by Gasteiger charge is 2.12. The molecule has 0 fully saturated rings. The van der Waals surface area contributed by atoms with Gasteiger partial charge >= 0.3 is 0 Å². The van der Waals surface area contributed by atoms with Crippen molar-refractivity contribution < 1.29 is 4.74 Å². The molecule has 0 spiro atoms. The summed E-state index contributed by atoms with van der Waals surface area (Å²) in [6.45, 7) is 0. The van der Waals surface area contributed by atoms with Crippen molar-refractivity contribution in [2.24, 2.45) is 0 Å². The Morgan fingerprint density at radius 1 is 1.41 bits per heavy atom. The number of hydrogen-bond donors (Lipinski definition) is 1. The molecule has 0 amide bonds. The summed E-state index contributed by atoms with van der Waals surface area (Å²) >= 11 is 1.46. The van der Waals surface area contributed by atoms with Gasteiger partial charge in [0.05, 0.1) is 13.2 Å². The number of nitriles is 1. The number of rotatable bonds is 4. The van der Waals surface area contributed by atoms with E-state index < -0.39 is 6.04 Å². The van der Waals surface area contributed by atoms with Crippen molar-refractivity contribution in [1.82, 2.24) is 4.98 Å². The molecule has 0 radical (unpaired) electrons. The second-order valence-electron chi connectivity index (χ2n) is 3.31. The zero-order valence-electron chi connectivity index (χ0n) is 9.25. The molecular formula is C12H11N3OS. The van der Waals surface area contributed by atoms with Crippen molar-refractivity contribution in [2.45, 2.75) is 6.04 Å². The van der Waals surface area contributed by atoms with Crippen LogP contribution < -0.4 is 10.1 Å². The second kappa shape index (κ2) is 5.32. The van der Waals surface area contributed by atoms with Gasteiger partial charge in [-0.25, -0.2) is 4.98 Å². The average molecular weight is 245 g/mol. The Kier molecular flexibility index (Phi) is 3.58. The lowest BCUT2D eigenvalue weighted by Crippen LogP contribution is -2.07. The summed E-state index contributed by atoms with van der Waals surface area (Å²) < 4.78 is 5.07. The Morgan fingerprint density at radius 3 is 2.71 bits per heavy atom. The molecule has 0 saturated heterocycles. The first-order chi connectivity index (χ1) is 8.33. The lowest BCUT2D eigenvalue weighted by atomic mass is 10.2. The van der Waals surface area contributed by atoms with Gasteiger partial charge in [-0.1, -0.05) is 0 Å². The quantitative estimate of drug-likeness (QED) is 0.899. The van der Waals surface area contributed by atoms with E-state index in [1.54, 1.807) is 13.3 Å². The lowest BCUT2D eigenvalue weighted by molar-refractivity contribution is 0.415. The minimum absolute atomic E-state index is 0.414. The monoisotopic (exact) mass is 245 g/mol. The van der Waals surface area contributed by atoms with Crippen LogP contribution in [0.5, 0.6) is 5.75 Å². The number of ether oxygens (including phenoxy) is 1. The van der Waals surface area contributed by atoms with Crippen LogP contribution in [-0.4, -0.2) is 12.1 Å². The molecule has 0 aliphatic rings. The maximum atomic E-state index is 9.09. The molecular weight excluding hydrogens is 234 g/mol. The first-order valence-electron chi connectivity index (χ1n) is 5.03. The van der Waals surface area contributed by atoms with Gasteiger partial charge in [-0.2, -0.15) is 5.26 Å². The zero-order valence-corrected chi connectivity index (χ0v) is 10.1. The molecule has 0 saturated carbocycles. The van der Waals surface area contributed by atoms with Gasteiger partial charge in [0.2, 0.25) is 0 Å². The van der Waals surface area contributed by atoms with Crippen LogP contribution in [0, 0.1) is 11.3 Å². The van der Waals surface area contributed by atoms with E-state index in [0.29, 0.717) is 0 Å². The van der Waals surface area contributed by atoms with Gasteiger partial charge in [0.25, 0.3) is 0 Å². The topological polar surface area (TPSA) is 57.9 Å². The molecule has 2 rings (SSSR count). The maximum absolute atomic E-state index is 9.09. The predicted molar refractivity (Wildman–Crippen MR) is 67.1 cm³/mol. The van der Waals surface area contributed by atoms with Crippen molar-refractivity contribution in [3.63, 3.8) is 0 Å². The number of benzene rings is 1. The van der Waals surface area contributed by atoms with Gasteiger partial charge in [-0.15, -0.1) is 11.3 Å². The van der Waals surface area contributed by atoms with E-state index >= 15 is 0 Å². The van der Waals surface area contributed by atoms with Crippen molar-refractivity contribution in [3.8, 4) is 11.8 Å². The van der Waals surface area contributed by atoms with Gasteiger partial charge in [-0.05, 0) is 24.3 Å². The maximum Gasteiger partial charge on any atom is 0.166 e. The normalized spacial score (nSPS) is 11.5. The molecule has 17 heavy (non-hydrogen) atoms. The van der Waals surface area contributed by atoms with Crippen molar-refractivity contribution >= 4 is 17.0 Å². The van der Waals surface area contributed by atoms with Crippen molar-refractivity contribution in [1.29, 1.82) is 5.26 Å². The summed E-state index contributed by atoms with van der Waals surface area (Å²) in [5.41, 5.74) is 0.868. The molecule has 1 heterocycles. The van der Waals surface area contributed by atoms with E-state index in [-0.39, 0.29) is 0 Å². The van der Waals surface area contributed by atoms with Crippen LogP contribution in [0.2, 0.25) is 0 Å². The van der Waals surface area contributed by atoms with E-state index in [1.807, 2.05) is 29.6 Å². The molecule has 0 aliphatic heterocycles. The standard InChI is InChI=1S/C12H11N3OS/c1-16-10-4-2-9(3-5-10)15-11(8-13)12-14-6-7-17-12/h2-7,11,15H,1H3. The SMILES string of the molecule is COc1ccc(NC(C#N)c2nccs2)cc1. The van der Waals surface area contributed by atoms with Gasteiger partial charge in [0.15, 0.2) is 6.04 Å². The smallest absolute Gasteiger partial charge is 0.166 e. The summed E-state index contributed by atoms with van der Waals surface area (Å²) in [5, 5.41) is 14.8. The van der Waals surface area contributed by atoms with Crippen LogP contribution in [0.3, 0.4) is 0 Å². The number of thiazole rings is 1. The molecule has 0 bridgehead atoms. The summed E-state index contributed by atoms with van der Waals surface area (Å²) in [6, 6.07) is 9.21. The average Bonchev–Trinajstić information content (AvgIpc) is 2.90. The highest BCUT2D eigenvalue weighted by Crippen LogP contribution is 2.22. The van der Waals surface area contributed by atoms with Crippen LogP contribution in [0.1, 0.15) is 11.0 Å². The largest absolute Gasteiger partial charge is 0.497 e. The minimum Gasteiger partial charge on any atom is -0.497 e. The fourth-order valence-corrected chi connectivity index (χ4v) is 2.01. The third kappa shape index (κ3) is 2.74. The zero-order chi connectivity index (χ0) is 12.1. The predicted octanol–water partition coefficient (Wildman–Crippen LogP) is 2.83. The number of aromatic nitrogens is 1. The van der Waals surface area contributed by atoms with Gasteiger partial charge in [0, 0.05) is 17.3 Å². The highest BCUT2D eigenvalue weighted by atomic mass is 32.1. The fraction of sp³-hybridized carbons (Fsp3) is 0.167. The lowest BCUT2D eigenvalue weighted by Gasteiger charge is -2.10. The first-order valence-corrected chi connectivity index (χ1v) is 5.91. The molecule has 2 aromatic rings. The summed E-state index contributed by atoms with van der Waals surface area (Å²) in [6.07, 6.45) is 1.69. The summed E-state index contributed by atoms with van der Waals surface area (Å²) in [7, 11) is 1.62. The Bertz CT molecular complexity index is 502. The summed E-state index contributed by atoms with van der Waals surface area (Å²) in [5.74, 6) is 0.790. The second-order valence-corrected chi connectivity index (χ2v) is 4.23. The Labute approximate surface area is 103 Å². The Morgan fingerprint density at radius 2 is 2.18 bits per heavy atom. The number of methoxy groups -OCH3 is 1. The van der Waals surface area contributed by atoms with E-state index in [1.165, 1.54) is 11.3 Å². The molecule has 1 aromatic carbocycles. The van der Waals surface area contributed by atoms with Gasteiger partial charge in [0.1, 0.15) is 10.8 Å². The Balaban J connectivity index is 2.11. The first kappa shape index (κ1) is 11.4. The molecule has 5 heteroatoms. The number of nitrogens with zero attached hydrogens (tertiary/aromatic N) is 2. The van der Waals surface area contributed by atoms with Crippen LogP contribution in [-0.2, 0) is 0 Å². The minimum atomic E-state index is -0.414. The van der Waals surface area contributed by atoms with E-state index in [0.717, 1.165) is 16.4 Å². The van der Waals surface area contributed by atoms with Crippen LogP contribution >= 0.6 is 11.3 Å². The summed E-state index contributed by atoms with van der Waals surface area (Å²) in [4.78, 5) is 4.13. The van der Waals surface area contributed by atoms with Crippen LogP contribution in [0.4, 0.5) is 5.69 Å². The number of anilines is 1. The van der Waals surface area contributed by atoms with Gasteiger partial charge in [-0.3, -0.25) is 0 Å². The third-order valence-corrected chi connectivity index (χ3v) is 3.07. The van der Waals surface area contributed by atoms with E-state index in [9.17, 15) is 0 Å². The van der Waals surface area contributed by atoms with E-state index in [4.69, 9.17) is 10.00 Å². The molecule has 0 aliphatic carbocycles. The van der Waals surface area contributed by atoms with Crippen LogP contribution in [0.15, 0.2) is 35.8 Å². The molecule has 1 unspecified atom stereocenters. The van der Waals surface area contributed by atoms with Crippen LogP contribution in [0.25, 0.3) is 0 Å². The fourth-order valence-electron chi connectivity index (χ4n) is 1.38. The number of hydrogen-bond acceptors (Lipinski definition) is 5. The molecule has 1 aromatic heterocycles. The third-order valence-electron chi connectivity index (χ3n) is 2.23. The van der Waals surface area contributed by atoms with Gasteiger partial charge < -0.3 is 10.1 Å². The van der Waals surface area contributed by atoms with E-state index in [2.05, 4.69) is 16.4 Å². The number of nitrogens with one attached hydrogen (secondary N) is 1. The molecule has 86 valence electrons. The molecule has 1 atom stereocenters. The van der Waals surface area contributed by atoms with Crippen molar-refractivity contribution in [2.75, 3.05) is 12.4 Å². The molecule has 1 N–H and O–H groups in total. The highest BCUT2D eigenvalue weighted by molar-refractivity contribution is 7.09. The molecule has 4 nitrogen and oxygen atoms in total. The Hall–Kier alpha value is -2.06. The van der Waals surface area contributed by atoms with Crippen molar-refractivity contribution in [3.05, 3.63) is 40.8 Å².